The van der Waals surface area contributed by atoms with Crippen molar-refractivity contribution in [2.45, 2.75) is 38.0 Å². The van der Waals surface area contributed by atoms with Gasteiger partial charge in [-0.15, -0.1) is 0 Å². The summed E-state index contributed by atoms with van der Waals surface area (Å²) in [6, 6.07) is 19.9. The molecule has 0 bridgehead atoms. The van der Waals surface area contributed by atoms with Gasteiger partial charge in [0.25, 0.3) is 10.0 Å². The minimum Gasteiger partial charge on any atom is -0.385 e. The zero-order valence-corrected chi connectivity index (χ0v) is 24.8. The summed E-state index contributed by atoms with van der Waals surface area (Å²) in [6.45, 7) is 6.07. The van der Waals surface area contributed by atoms with Gasteiger partial charge in [-0.3, -0.25) is 9.10 Å². The number of amides is 1. The summed E-state index contributed by atoms with van der Waals surface area (Å²) in [4.78, 5) is 15.4. The Morgan fingerprint density at radius 1 is 1.05 bits per heavy atom. The van der Waals surface area contributed by atoms with Crippen LogP contribution in [0.3, 0.4) is 0 Å². The van der Waals surface area contributed by atoms with Crippen molar-refractivity contribution in [3.63, 3.8) is 0 Å². The van der Waals surface area contributed by atoms with Crippen molar-refractivity contribution in [3.8, 4) is 0 Å². The second kappa shape index (κ2) is 12.5. The lowest BCUT2D eigenvalue weighted by molar-refractivity contribution is -0.132. The molecule has 38 heavy (non-hydrogen) atoms. The Labute approximate surface area is 239 Å². The molecule has 0 aliphatic carbocycles. The minimum atomic E-state index is -3.86. The Hall–Kier alpha value is -2.55. The molecule has 0 aromatic heterocycles. The van der Waals surface area contributed by atoms with Gasteiger partial charge in [-0.25, -0.2) is 8.42 Å². The van der Waals surface area contributed by atoms with Crippen molar-refractivity contribution in [2.75, 3.05) is 35.8 Å². The number of nitrogens with zero attached hydrogens (tertiary/aromatic N) is 2. The number of likely N-dealkylation sites (tertiary alicyclic amines) is 1. The summed E-state index contributed by atoms with van der Waals surface area (Å²) in [5, 5.41) is 4.13. The molecule has 1 atom stereocenters. The van der Waals surface area contributed by atoms with Crippen molar-refractivity contribution < 1.29 is 13.2 Å². The number of hydrogen-bond acceptors (Lipinski definition) is 4. The van der Waals surface area contributed by atoms with Gasteiger partial charge in [0.05, 0.1) is 10.6 Å². The minimum absolute atomic E-state index is 0.0263. The highest BCUT2D eigenvalue weighted by molar-refractivity contribution is 9.10. The zero-order chi connectivity index (χ0) is 27.3. The van der Waals surface area contributed by atoms with E-state index in [1.54, 1.807) is 24.3 Å². The first-order chi connectivity index (χ1) is 18.1. The first-order valence-electron chi connectivity index (χ1n) is 12.8. The predicted octanol–water partition coefficient (Wildman–Crippen LogP) is 6.66. The average Bonchev–Trinajstić information content (AvgIpc) is 2.88. The molecule has 6 nitrogen and oxygen atoms in total. The van der Waals surface area contributed by atoms with E-state index in [-0.39, 0.29) is 23.8 Å². The Morgan fingerprint density at radius 3 is 2.37 bits per heavy atom. The van der Waals surface area contributed by atoms with Gasteiger partial charge < -0.3 is 10.2 Å². The predicted molar refractivity (Wildman–Crippen MR) is 158 cm³/mol. The van der Waals surface area contributed by atoms with Gasteiger partial charge in [-0.05, 0) is 104 Å². The number of halogens is 2. The molecule has 1 aliphatic heterocycles. The molecule has 0 spiro atoms. The molecule has 0 radical (unpaired) electrons. The first kappa shape index (κ1) is 28.5. The molecular formula is C29H33BrClN3O3S. The number of rotatable bonds is 9. The number of piperidine rings is 1. The standard InChI is InChI=1S/C29H33BrClN3O3S/c1-21-16-22(2)18-27(17-21)34(38(36,37)28-11-5-24(30)6-12-28)15-13-29(35)33-14-3-4-23(20-33)19-32-26-9-7-25(31)8-10-26/h5-12,16-18,23,32H,3-4,13-15,19-20H2,1-2H3. The van der Waals surface area contributed by atoms with E-state index in [9.17, 15) is 13.2 Å². The molecule has 1 amide bonds. The Bertz CT molecular complexity index is 1340. The average molecular weight is 619 g/mol. The fourth-order valence-electron chi connectivity index (χ4n) is 4.86. The number of carbonyl (C=O) groups is 1. The third-order valence-corrected chi connectivity index (χ3v) is 9.36. The van der Waals surface area contributed by atoms with Crippen molar-refractivity contribution >= 4 is 54.8 Å². The lowest BCUT2D eigenvalue weighted by Crippen LogP contribution is -2.43. The van der Waals surface area contributed by atoms with Crippen LogP contribution in [-0.4, -0.2) is 45.4 Å². The number of nitrogens with one attached hydrogen (secondary N) is 1. The van der Waals surface area contributed by atoms with Crippen molar-refractivity contribution in [3.05, 3.63) is 87.4 Å². The normalized spacial score (nSPS) is 15.8. The second-order valence-corrected chi connectivity index (χ2v) is 13.1. The molecule has 202 valence electrons. The molecule has 3 aromatic carbocycles. The van der Waals surface area contributed by atoms with Crippen LogP contribution in [0.2, 0.25) is 5.02 Å². The fourth-order valence-corrected chi connectivity index (χ4v) is 6.70. The summed E-state index contributed by atoms with van der Waals surface area (Å²) < 4.78 is 29.6. The smallest absolute Gasteiger partial charge is 0.264 e. The molecule has 4 rings (SSSR count). The SMILES string of the molecule is Cc1cc(C)cc(N(CCC(=O)N2CCCC(CNc3ccc(Cl)cc3)C2)S(=O)(=O)c2ccc(Br)cc2)c1. The van der Waals surface area contributed by atoms with Gasteiger partial charge in [0.15, 0.2) is 0 Å². The number of aryl methyl sites for hydroxylation is 2. The Kier molecular flexibility index (Phi) is 9.39. The van der Waals surface area contributed by atoms with Gasteiger partial charge in [0.1, 0.15) is 0 Å². The topological polar surface area (TPSA) is 69.7 Å². The van der Waals surface area contributed by atoms with Crippen LogP contribution in [-0.2, 0) is 14.8 Å². The Balaban J connectivity index is 1.45. The number of anilines is 2. The molecule has 1 saturated heterocycles. The van der Waals surface area contributed by atoms with Crippen LogP contribution in [0, 0.1) is 19.8 Å². The van der Waals surface area contributed by atoms with Crippen LogP contribution >= 0.6 is 27.5 Å². The second-order valence-electron chi connectivity index (χ2n) is 9.86. The van der Waals surface area contributed by atoms with Crippen molar-refractivity contribution in [1.29, 1.82) is 0 Å². The number of benzene rings is 3. The van der Waals surface area contributed by atoms with Gasteiger partial charge in [0.2, 0.25) is 5.91 Å². The molecule has 1 unspecified atom stereocenters. The van der Waals surface area contributed by atoms with Crippen molar-refractivity contribution in [1.82, 2.24) is 4.90 Å². The molecule has 1 fully saturated rings. The monoisotopic (exact) mass is 617 g/mol. The van der Waals surface area contributed by atoms with Crippen LogP contribution < -0.4 is 9.62 Å². The van der Waals surface area contributed by atoms with E-state index in [4.69, 9.17) is 11.6 Å². The van der Waals surface area contributed by atoms with Crippen LogP contribution in [0.25, 0.3) is 0 Å². The van der Waals surface area contributed by atoms with E-state index in [0.29, 0.717) is 29.7 Å². The van der Waals surface area contributed by atoms with E-state index < -0.39 is 10.0 Å². The maximum absolute atomic E-state index is 13.7. The summed E-state index contributed by atoms with van der Waals surface area (Å²) in [5.41, 5.74) is 3.51. The van der Waals surface area contributed by atoms with Gasteiger partial charge in [0, 0.05) is 47.8 Å². The first-order valence-corrected chi connectivity index (χ1v) is 15.4. The van der Waals surface area contributed by atoms with Crippen LogP contribution in [0.4, 0.5) is 11.4 Å². The molecular weight excluding hydrogens is 586 g/mol. The van der Waals surface area contributed by atoms with Crippen molar-refractivity contribution in [2.24, 2.45) is 5.92 Å². The van der Waals surface area contributed by atoms with E-state index in [1.807, 2.05) is 61.2 Å². The lowest BCUT2D eigenvalue weighted by Gasteiger charge is -2.34. The lowest BCUT2D eigenvalue weighted by atomic mass is 9.97. The Morgan fingerprint density at radius 2 is 1.71 bits per heavy atom. The highest BCUT2D eigenvalue weighted by Gasteiger charge is 2.28. The highest BCUT2D eigenvalue weighted by Crippen LogP contribution is 2.28. The molecule has 1 heterocycles. The van der Waals surface area contributed by atoms with Gasteiger partial charge in [-0.1, -0.05) is 33.6 Å². The summed E-state index contributed by atoms with van der Waals surface area (Å²) in [6.07, 6.45) is 2.08. The maximum Gasteiger partial charge on any atom is 0.264 e. The summed E-state index contributed by atoms with van der Waals surface area (Å²) in [5.74, 6) is 0.298. The molecule has 3 aromatic rings. The van der Waals surface area contributed by atoms with Gasteiger partial charge in [-0.2, -0.15) is 0 Å². The fraction of sp³-hybridized carbons (Fsp3) is 0.345. The quantitative estimate of drug-likeness (QED) is 0.291. The molecule has 0 saturated carbocycles. The van der Waals surface area contributed by atoms with Gasteiger partial charge >= 0.3 is 0 Å². The third-order valence-electron chi connectivity index (χ3n) is 6.74. The molecule has 1 N–H and O–H groups in total. The number of carbonyl (C=O) groups excluding carboxylic acids is 1. The number of sulfonamides is 1. The number of hydrogen-bond donors (Lipinski definition) is 1. The van der Waals surface area contributed by atoms with Crippen LogP contribution in [0.5, 0.6) is 0 Å². The third kappa shape index (κ3) is 7.30. The van der Waals surface area contributed by atoms with E-state index in [0.717, 1.165) is 40.7 Å². The van der Waals surface area contributed by atoms with Crippen LogP contribution in [0.1, 0.15) is 30.4 Å². The van der Waals surface area contributed by atoms with Crippen LogP contribution in [0.15, 0.2) is 76.1 Å². The van der Waals surface area contributed by atoms with E-state index >= 15 is 0 Å². The highest BCUT2D eigenvalue weighted by atomic mass is 79.9. The summed E-state index contributed by atoms with van der Waals surface area (Å²) >= 11 is 9.35. The largest absolute Gasteiger partial charge is 0.385 e. The summed E-state index contributed by atoms with van der Waals surface area (Å²) in [7, 11) is -3.86. The molecule has 1 aliphatic rings. The van der Waals surface area contributed by atoms with E-state index in [2.05, 4.69) is 21.2 Å². The zero-order valence-electron chi connectivity index (χ0n) is 21.7. The molecule has 9 heteroatoms. The van der Waals surface area contributed by atoms with E-state index in [1.165, 1.54) is 4.31 Å². The maximum atomic E-state index is 13.7.